The van der Waals surface area contributed by atoms with Crippen molar-refractivity contribution in [3.05, 3.63) is 35.4 Å². The standard InChI is InChI=1S/C13H19F2N/c1-9(2)12(8-16)10-5-4-6-11(7-10)13(3,14)15/h4-7,9,12H,8,16H2,1-3H3. The summed E-state index contributed by atoms with van der Waals surface area (Å²) in [4.78, 5) is 0. The van der Waals surface area contributed by atoms with Crippen molar-refractivity contribution in [2.45, 2.75) is 32.6 Å². The number of rotatable bonds is 4. The Bertz CT molecular complexity index is 342. The first-order valence-corrected chi connectivity index (χ1v) is 5.54. The number of nitrogens with two attached hydrogens (primary N) is 1. The zero-order chi connectivity index (χ0) is 12.3. The highest BCUT2D eigenvalue weighted by atomic mass is 19.3. The quantitative estimate of drug-likeness (QED) is 0.837. The predicted molar refractivity (Wildman–Crippen MR) is 62.6 cm³/mol. The van der Waals surface area contributed by atoms with Crippen LogP contribution in [0.15, 0.2) is 24.3 Å². The Labute approximate surface area is 95.7 Å². The average Bonchev–Trinajstić information content (AvgIpc) is 2.17. The first kappa shape index (κ1) is 13.1. The van der Waals surface area contributed by atoms with Gasteiger partial charge in [-0.15, -0.1) is 0 Å². The van der Waals surface area contributed by atoms with Gasteiger partial charge in [0.2, 0.25) is 0 Å². The molecule has 0 saturated carbocycles. The van der Waals surface area contributed by atoms with Crippen LogP contribution >= 0.6 is 0 Å². The Hall–Kier alpha value is -0.960. The van der Waals surface area contributed by atoms with Gasteiger partial charge in [0.15, 0.2) is 0 Å². The second-order valence-electron chi connectivity index (χ2n) is 4.60. The first-order chi connectivity index (χ1) is 7.36. The number of hydrogen-bond donors (Lipinski definition) is 1. The molecule has 0 aliphatic carbocycles. The van der Waals surface area contributed by atoms with Crippen LogP contribution in [0.5, 0.6) is 0 Å². The van der Waals surface area contributed by atoms with Crippen LogP contribution in [0, 0.1) is 5.92 Å². The van der Waals surface area contributed by atoms with Crippen molar-refractivity contribution in [2.24, 2.45) is 11.7 Å². The summed E-state index contributed by atoms with van der Waals surface area (Å²) in [7, 11) is 0. The molecule has 0 fully saturated rings. The second-order valence-corrected chi connectivity index (χ2v) is 4.60. The fraction of sp³-hybridized carbons (Fsp3) is 0.538. The number of benzene rings is 1. The third-order valence-electron chi connectivity index (χ3n) is 2.88. The van der Waals surface area contributed by atoms with E-state index in [9.17, 15) is 8.78 Å². The summed E-state index contributed by atoms with van der Waals surface area (Å²) in [5.74, 6) is -2.29. The largest absolute Gasteiger partial charge is 0.330 e. The molecule has 0 aliphatic heterocycles. The molecule has 1 nitrogen and oxygen atoms in total. The maximum atomic E-state index is 13.2. The van der Waals surface area contributed by atoms with Gasteiger partial charge < -0.3 is 5.73 Å². The molecule has 0 heterocycles. The van der Waals surface area contributed by atoms with Gasteiger partial charge in [-0.05, 0) is 30.0 Å². The fourth-order valence-corrected chi connectivity index (χ4v) is 1.84. The van der Waals surface area contributed by atoms with Gasteiger partial charge in [0, 0.05) is 12.5 Å². The summed E-state index contributed by atoms with van der Waals surface area (Å²) in [6, 6.07) is 6.56. The molecule has 1 aromatic rings. The molecule has 0 aliphatic rings. The molecular formula is C13H19F2N. The van der Waals surface area contributed by atoms with Crippen LogP contribution in [0.4, 0.5) is 8.78 Å². The summed E-state index contributed by atoms with van der Waals surface area (Å²) >= 11 is 0. The third-order valence-corrected chi connectivity index (χ3v) is 2.88. The lowest BCUT2D eigenvalue weighted by Gasteiger charge is -2.21. The maximum Gasteiger partial charge on any atom is 0.270 e. The molecular weight excluding hydrogens is 208 g/mol. The Morgan fingerprint density at radius 2 is 1.94 bits per heavy atom. The van der Waals surface area contributed by atoms with Crippen LogP contribution in [-0.4, -0.2) is 6.54 Å². The van der Waals surface area contributed by atoms with E-state index >= 15 is 0 Å². The molecule has 0 radical (unpaired) electrons. The smallest absolute Gasteiger partial charge is 0.270 e. The van der Waals surface area contributed by atoms with Crippen LogP contribution in [-0.2, 0) is 5.92 Å². The molecule has 0 saturated heterocycles. The topological polar surface area (TPSA) is 26.0 Å². The lowest BCUT2D eigenvalue weighted by atomic mass is 9.87. The van der Waals surface area contributed by atoms with E-state index in [1.54, 1.807) is 12.1 Å². The molecule has 90 valence electrons. The lowest BCUT2D eigenvalue weighted by molar-refractivity contribution is 0.0173. The number of hydrogen-bond acceptors (Lipinski definition) is 1. The van der Waals surface area contributed by atoms with Crippen LogP contribution in [0.25, 0.3) is 0 Å². The van der Waals surface area contributed by atoms with E-state index in [-0.39, 0.29) is 11.5 Å². The van der Waals surface area contributed by atoms with Crippen molar-refractivity contribution < 1.29 is 8.78 Å². The van der Waals surface area contributed by atoms with E-state index in [0.717, 1.165) is 12.5 Å². The minimum Gasteiger partial charge on any atom is -0.330 e. The molecule has 0 spiro atoms. The van der Waals surface area contributed by atoms with Gasteiger partial charge in [-0.25, -0.2) is 8.78 Å². The average molecular weight is 227 g/mol. The molecule has 1 unspecified atom stereocenters. The number of alkyl halides is 2. The summed E-state index contributed by atoms with van der Waals surface area (Å²) in [5.41, 5.74) is 6.64. The monoisotopic (exact) mass is 227 g/mol. The highest BCUT2D eigenvalue weighted by molar-refractivity contribution is 5.29. The zero-order valence-electron chi connectivity index (χ0n) is 10.0. The molecule has 3 heteroatoms. The summed E-state index contributed by atoms with van der Waals surface area (Å²) in [5, 5.41) is 0. The van der Waals surface area contributed by atoms with E-state index in [1.807, 2.05) is 19.9 Å². The third kappa shape index (κ3) is 3.01. The summed E-state index contributed by atoms with van der Waals surface area (Å²) in [6.45, 7) is 5.50. The van der Waals surface area contributed by atoms with Gasteiger partial charge in [-0.1, -0.05) is 32.0 Å². The second kappa shape index (κ2) is 4.91. The van der Waals surface area contributed by atoms with Crippen molar-refractivity contribution >= 4 is 0 Å². The first-order valence-electron chi connectivity index (χ1n) is 5.54. The van der Waals surface area contributed by atoms with Crippen LogP contribution in [0.3, 0.4) is 0 Å². The Morgan fingerprint density at radius 3 is 2.38 bits per heavy atom. The Morgan fingerprint density at radius 1 is 1.31 bits per heavy atom. The van der Waals surface area contributed by atoms with Crippen LogP contribution in [0.1, 0.15) is 37.8 Å². The highest BCUT2D eigenvalue weighted by Gasteiger charge is 2.25. The molecule has 1 atom stereocenters. The van der Waals surface area contributed by atoms with Gasteiger partial charge in [0.05, 0.1) is 0 Å². The maximum absolute atomic E-state index is 13.2. The van der Waals surface area contributed by atoms with Gasteiger partial charge in [0.1, 0.15) is 0 Å². The molecule has 16 heavy (non-hydrogen) atoms. The van der Waals surface area contributed by atoms with Crippen LogP contribution in [0.2, 0.25) is 0 Å². The fourth-order valence-electron chi connectivity index (χ4n) is 1.84. The Kier molecular flexibility index (Phi) is 4.03. The Balaban J connectivity index is 3.07. The van der Waals surface area contributed by atoms with Crippen LogP contribution < -0.4 is 5.73 Å². The molecule has 1 rings (SSSR count). The molecule has 2 N–H and O–H groups in total. The van der Waals surface area contributed by atoms with E-state index < -0.39 is 5.92 Å². The molecule has 0 aromatic heterocycles. The van der Waals surface area contributed by atoms with Crippen molar-refractivity contribution in [3.8, 4) is 0 Å². The minimum atomic E-state index is -2.79. The minimum absolute atomic E-state index is 0.0594. The van der Waals surface area contributed by atoms with Gasteiger partial charge in [-0.2, -0.15) is 0 Å². The molecule has 1 aromatic carbocycles. The zero-order valence-corrected chi connectivity index (χ0v) is 10.0. The molecule has 0 amide bonds. The molecule has 0 bridgehead atoms. The van der Waals surface area contributed by atoms with E-state index in [4.69, 9.17) is 5.73 Å². The van der Waals surface area contributed by atoms with Gasteiger partial charge in [0.25, 0.3) is 5.92 Å². The van der Waals surface area contributed by atoms with E-state index in [1.165, 1.54) is 6.07 Å². The van der Waals surface area contributed by atoms with Crippen molar-refractivity contribution in [3.63, 3.8) is 0 Å². The van der Waals surface area contributed by atoms with Crippen molar-refractivity contribution in [2.75, 3.05) is 6.54 Å². The number of halogens is 2. The lowest BCUT2D eigenvalue weighted by Crippen LogP contribution is -2.18. The van der Waals surface area contributed by atoms with Crippen molar-refractivity contribution in [1.29, 1.82) is 0 Å². The highest BCUT2D eigenvalue weighted by Crippen LogP contribution is 2.31. The summed E-state index contributed by atoms with van der Waals surface area (Å²) < 4.78 is 26.3. The van der Waals surface area contributed by atoms with Gasteiger partial charge >= 0.3 is 0 Å². The van der Waals surface area contributed by atoms with Crippen molar-refractivity contribution in [1.82, 2.24) is 0 Å². The predicted octanol–water partition coefficient (Wildman–Crippen LogP) is 3.50. The van der Waals surface area contributed by atoms with Gasteiger partial charge in [-0.3, -0.25) is 0 Å². The van der Waals surface area contributed by atoms with E-state index in [2.05, 4.69) is 0 Å². The SMILES string of the molecule is CC(C)C(CN)c1cccc(C(C)(F)F)c1. The summed E-state index contributed by atoms with van der Waals surface area (Å²) in [6.07, 6.45) is 0. The van der Waals surface area contributed by atoms with E-state index in [0.29, 0.717) is 12.5 Å². The normalized spacial score (nSPS) is 14.2.